The Hall–Kier alpha value is -2.34. The van der Waals surface area contributed by atoms with E-state index in [1.165, 1.54) is 30.5 Å². The number of ether oxygens (including phenoxy) is 1. The van der Waals surface area contributed by atoms with E-state index in [0.29, 0.717) is 11.3 Å². The number of phenols is 1. The first kappa shape index (κ1) is 15.1. The van der Waals surface area contributed by atoms with Gasteiger partial charge in [0.2, 0.25) is 0 Å². The number of hydrogen-bond acceptors (Lipinski definition) is 4. The van der Waals surface area contributed by atoms with Crippen molar-refractivity contribution < 1.29 is 14.6 Å². The molecule has 2 aromatic rings. The lowest BCUT2D eigenvalue weighted by Gasteiger charge is -2.04. The van der Waals surface area contributed by atoms with Crippen molar-refractivity contribution in [2.75, 3.05) is 7.11 Å². The fourth-order valence-corrected chi connectivity index (χ4v) is 2.02. The van der Waals surface area contributed by atoms with Gasteiger partial charge in [-0.3, -0.25) is 4.79 Å². The van der Waals surface area contributed by atoms with E-state index in [0.717, 1.165) is 10.0 Å². The number of halogens is 1. The fourth-order valence-electron chi connectivity index (χ4n) is 1.64. The van der Waals surface area contributed by atoms with Gasteiger partial charge in [0, 0.05) is 15.6 Å². The Morgan fingerprint density at radius 1 is 1.29 bits per heavy atom. The SMILES string of the molecule is COc1ccc(Br)cc1C=NNC(=O)c1ccc(O)cc1. The summed E-state index contributed by atoms with van der Waals surface area (Å²) in [5, 5.41) is 13.1. The van der Waals surface area contributed by atoms with Crippen LogP contribution >= 0.6 is 15.9 Å². The highest BCUT2D eigenvalue weighted by Crippen LogP contribution is 2.21. The van der Waals surface area contributed by atoms with Crippen LogP contribution in [-0.2, 0) is 0 Å². The van der Waals surface area contributed by atoms with Gasteiger partial charge in [-0.1, -0.05) is 15.9 Å². The molecule has 0 bridgehead atoms. The number of nitrogens with one attached hydrogen (secondary N) is 1. The van der Waals surface area contributed by atoms with E-state index in [1.807, 2.05) is 12.1 Å². The molecule has 0 heterocycles. The van der Waals surface area contributed by atoms with Crippen molar-refractivity contribution in [3.8, 4) is 11.5 Å². The maximum Gasteiger partial charge on any atom is 0.271 e. The molecule has 0 saturated heterocycles. The summed E-state index contributed by atoms with van der Waals surface area (Å²) < 4.78 is 6.09. The summed E-state index contributed by atoms with van der Waals surface area (Å²) in [5.41, 5.74) is 3.56. The highest BCUT2D eigenvalue weighted by Gasteiger charge is 2.04. The van der Waals surface area contributed by atoms with Gasteiger partial charge >= 0.3 is 0 Å². The Balaban J connectivity index is 2.07. The van der Waals surface area contributed by atoms with Crippen LogP contribution < -0.4 is 10.2 Å². The average Bonchev–Trinajstić information content (AvgIpc) is 2.48. The van der Waals surface area contributed by atoms with E-state index < -0.39 is 0 Å². The van der Waals surface area contributed by atoms with Gasteiger partial charge in [0.15, 0.2) is 0 Å². The lowest BCUT2D eigenvalue weighted by Crippen LogP contribution is -2.17. The van der Waals surface area contributed by atoms with Crippen LogP contribution in [0, 0.1) is 0 Å². The highest BCUT2D eigenvalue weighted by atomic mass is 79.9. The minimum Gasteiger partial charge on any atom is -0.508 e. The predicted octanol–water partition coefficient (Wildman–Crippen LogP) is 2.93. The monoisotopic (exact) mass is 348 g/mol. The molecule has 2 rings (SSSR count). The molecule has 6 heteroatoms. The van der Waals surface area contributed by atoms with Gasteiger partial charge in [-0.15, -0.1) is 0 Å². The fraction of sp³-hybridized carbons (Fsp3) is 0.0667. The van der Waals surface area contributed by atoms with E-state index >= 15 is 0 Å². The van der Waals surface area contributed by atoms with Crippen LogP contribution in [0.3, 0.4) is 0 Å². The van der Waals surface area contributed by atoms with E-state index in [9.17, 15) is 4.79 Å². The quantitative estimate of drug-likeness (QED) is 0.659. The third kappa shape index (κ3) is 4.06. The predicted molar refractivity (Wildman–Crippen MR) is 83.9 cm³/mol. The number of benzene rings is 2. The molecule has 0 aliphatic rings. The van der Waals surface area contributed by atoms with E-state index in [-0.39, 0.29) is 11.7 Å². The molecular formula is C15H13BrN2O3. The Kier molecular flexibility index (Phi) is 4.94. The molecule has 1 amide bonds. The molecule has 0 aliphatic carbocycles. The summed E-state index contributed by atoms with van der Waals surface area (Å²) in [6, 6.07) is 11.4. The second kappa shape index (κ2) is 6.90. The maximum atomic E-state index is 11.8. The van der Waals surface area contributed by atoms with Crippen molar-refractivity contribution in [3.05, 3.63) is 58.1 Å². The highest BCUT2D eigenvalue weighted by molar-refractivity contribution is 9.10. The summed E-state index contributed by atoms with van der Waals surface area (Å²) in [6.45, 7) is 0. The van der Waals surface area contributed by atoms with Crippen molar-refractivity contribution in [3.63, 3.8) is 0 Å². The van der Waals surface area contributed by atoms with Gasteiger partial charge < -0.3 is 9.84 Å². The average molecular weight is 349 g/mol. The lowest BCUT2D eigenvalue weighted by atomic mass is 10.2. The molecule has 5 nitrogen and oxygen atoms in total. The molecule has 0 atom stereocenters. The molecule has 0 aliphatic heterocycles. The summed E-state index contributed by atoms with van der Waals surface area (Å²) in [5.74, 6) is 0.398. The standard InChI is InChI=1S/C15H13BrN2O3/c1-21-14-7-4-12(16)8-11(14)9-17-18-15(20)10-2-5-13(19)6-3-10/h2-9,19H,1H3,(H,18,20). The molecule has 0 fully saturated rings. The number of methoxy groups -OCH3 is 1. The topological polar surface area (TPSA) is 70.9 Å². The number of aromatic hydroxyl groups is 1. The van der Waals surface area contributed by atoms with E-state index in [2.05, 4.69) is 26.5 Å². The lowest BCUT2D eigenvalue weighted by molar-refractivity contribution is 0.0955. The molecule has 0 radical (unpaired) electrons. The number of amides is 1. The summed E-state index contributed by atoms with van der Waals surface area (Å²) in [4.78, 5) is 11.8. The largest absolute Gasteiger partial charge is 0.508 e. The molecule has 21 heavy (non-hydrogen) atoms. The summed E-state index contributed by atoms with van der Waals surface area (Å²) in [7, 11) is 1.57. The van der Waals surface area contributed by atoms with Gasteiger partial charge in [0.1, 0.15) is 11.5 Å². The van der Waals surface area contributed by atoms with Crippen LogP contribution in [0.1, 0.15) is 15.9 Å². The first-order valence-electron chi connectivity index (χ1n) is 6.06. The third-order valence-corrected chi connectivity index (χ3v) is 3.18. The van der Waals surface area contributed by atoms with E-state index in [1.54, 1.807) is 13.2 Å². The first-order chi connectivity index (χ1) is 10.1. The number of phenolic OH excluding ortho intramolecular Hbond substituents is 1. The number of carbonyl (C=O) groups excluding carboxylic acids is 1. The molecule has 0 unspecified atom stereocenters. The molecule has 108 valence electrons. The van der Waals surface area contributed by atoms with Gasteiger partial charge in [0.25, 0.3) is 5.91 Å². The van der Waals surface area contributed by atoms with Gasteiger partial charge in [-0.05, 0) is 42.5 Å². The van der Waals surface area contributed by atoms with E-state index in [4.69, 9.17) is 9.84 Å². The third-order valence-electron chi connectivity index (χ3n) is 2.69. The van der Waals surface area contributed by atoms with Crippen LogP contribution in [0.4, 0.5) is 0 Å². The minimum atomic E-state index is -0.361. The minimum absolute atomic E-state index is 0.105. The number of rotatable bonds is 4. The number of carbonyl (C=O) groups is 1. The zero-order chi connectivity index (χ0) is 15.2. The molecule has 2 N–H and O–H groups in total. The zero-order valence-electron chi connectivity index (χ0n) is 11.2. The molecule has 2 aromatic carbocycles. The Bertz CT molecular complexity index is 669. The van der Waals surface area contributed by atoms with Crippen LogP contribution in [0.25, 0.3) is 0 Å². The maximum absolute atomic E-state index is 11.8. The van der Waals surface area contributed by atoms with Crippen molar-refractivity contribution >= 4 is 28.1 Å². The van der Waals surface area contributed by atoms with Crippen LogP contribution in [0.15, 0.2) is 52.0 Å². The molecule has 0 saturated carbocycles. The Labute approximate surface area is 130 Å². The number of hydrazone groups is 1. The normalized spacial score (nSPS) is 10.6. The van der Waals surface area contributed by atoms with Crippen LogP contribution in [0.5, 0.6) is 11.5 Å². The second-order valence-corrected chi connectivity index (χ2v) is 5.05. The van der Waals surface area contributed by atoms with Gasteiger partial charge in [0.05, 0.1) is 13.3 Å². The van der Waals surface area contributed by atoms with Crippen LogP contribution in [-0.4, -0.2) is 24.3 Å². The van der Waals surface area contributed by atoms with Gasteiger partial charge in [-0.2, -0.15) is 5.10 Å². The van der Waals surface area contributed by atoms with Crippen molar-refractivity contribution in [1.29, 1.82) is 0 Å². The van der Waals surface area contributed by atoms with Gasteiger partial charge in [-0.25, -0.2) is 5.43 Å². The zero-order valence-corrected chi connectivity index (χ0v) is 12.8. The molecular weight excluding hydrogens is 336 g/mol. The molecule has 0 spiro atoms. The number of nitrogens with zero attached hydrogens (tertiary/aromatic N) is 1. The Morgan fingerprint density at radius 2 is 2.00 bits per heavy atom. The molecule has 0 aromatic heterocycles. The van der Waals surface area contributed by atoms with Crippen molar-refractivity contribution in [2.45, 2.75) is 0 Å². The number of hydrogen-bond donors (Lipinski definition) is 2. The van der Waals surface area contributed by atoms with Crippen molar-refractivity contribution in [2.24, 2.45) is 5.10 Å². The summed E-state index contributed by atoms with van der Waals surface area (Å²) in [6.07, 6.45) is 1.50. The Morgan fingerprint density at radius 3 is 2.67 bits per heavy atom. The smallest absolute Gasteiger partial charge is 0.271 e. The van der Waals surface area contributed by atoms with Crippen LogP contribution in [0.2, 0.25) is 0 Å². The summed E-state index contributed by atoms with van der Waals surface area (Å²) >= 11 is 3.36. The second-order valence-electron chi connectivity index (χ2n) is 4.13. The first-order valence-corrected chi connectivity index (χ1v) is 6.85. The van der Waals surface area contributed by atoms with Crippen molar-refractivity contribution in [1.82, 2.24) is 5.43 Å².